The van der Waals surface area contributed by atoms with Gasteiger partial charge >= 0.3 is 12.4 Å². The minimum atomic E-state index is -4.73. The molecule has 2 N–H and O–H groups in total. The Balaban J connectivity index is 2.07. The summed E-state index contributed by atoms with van der Waals surface area (Å²) in [6.07, 6.45) is -4.73. The van der Waals surface area contributed by atoms with E-state index in [1.165, 1.54) is 18.2 Å². The molecule has 108 valence electrons. The van der Waals surface area contributed by atoms with Crippen molar-refractivity contribution in [1.29, 1.82) is 0 Å². The molecule has 1 heterocycles. The summed E-state index contributed by atoms with van der Waals surface area (Å²) < 4.78 is 45.3. The maximum Gasteiger partial charge on any atom is 0.573 e. The molecule has 2 aromatic rings. The van der Waals surface area contributed by atoms with Crippen molar-refractivity contribution in [3.05, 3.63) is 30.2 Å². The third kappa shape index (κ3) is 4.12. The second kappa shape index (κ2) is 5.78. The molecule has 0 bridgehead atoms. The van der Waals surface area contributed by atoms with Gasteiger partial charge in [0.1, 0.15) is 5.75 Å². The number of halogens is 3. The number of nitrogens with zero attached hydrogens (tertiary/aromatic N) is 2. The summed E-state index contributed by atoms with van der Waals surface area (Å²) in [5.74, 6) is 0.0233. The van der Waals surface area contributed by atoms with Gasteiger partial charge in [0, 0.05) is 11.8 Å². The predicted molar refractivity (Wildman–Crippen MR) is 63.5 cm³/mol. The molecule has 0 saturated heterocycles. The maximum absolute atomic E-state index is 12.1. The van der Waals surface area contributed by atoms with Gasteiger partial charge in [0.15, 0.2) is 0 Å². The molecule has 1 aromatic heterocycles. The van der Waals surface area contributed by atoms with Crippen molar-refractivity contribution in [2.75, 3.05) is 12.4 Å². The summed E-state index contributed by atoms with van der Waals surface area (Å²) >= 11 is 0. The van der Waals surface area contributed by atoms with Gasteiger partial charge in [-0.05, 0) is 19.2 Å². The first-order valence-electron chi connectivity index (χ1n) is 5.56. The monoisotopic (exact) mass is 288 g/mol. The highest BCUT2D eigenvalue weighted by Gasteiger charge is 2.31. The molecular weight excluding hydrogens is 277 g/mol. The van der Waals surface area contributed by atoms with Crippen LogP contribution in [0, 0.1) is 0 Å². The van der Waals surface area contributed by atoms with Crippen LogP contribution in [0.1, 0.15) is 5.89 Å². The van der Waals surface area contributed by atoms with Gasteiger partial charge in [-0.1, -0.05) is 11.2 Å². The Morgan fingerprint density at radius 1 is 1.30 bits per heavy atom. The summed E-state index contributed by atoms with van der Waals surface area (Å²) in [7, 11) is 1.72. The zero-order valence-electron chi connectivity index (χ0n) is 10.4. The Bertz CT molecular complexity index is 571. The molecule has 0 fully saturated rings. The van der Waals surface area contributed by atoms with E-state index in [2.05, 4.69) is 25.6 Å². The van der Waals surface area contributed by atoms with Gasteiger partial charge in [0.2, 0.25) is 5.89 Å². The second-order valence-electron chi connectivity index (χ2n) is 3.73. The van der Waals surface area contributed by atoms with Crippen LogP contribution in [0.3, 0.4) is 0 Å². The molecular formula is C11H11F3N4O2. The van der Waals surface area contributed by atoms with E-state index in [0.717, 1.165) is 0 Å². The lowest BCUT2D eigenvalue weighted by molar-refractivity contribution is -0.274. The van der Waals surface area contributed by atoms with Crippen molar-refractivity contribution in [2.45, 2.75) is 12.9 Å². The van der Waals surface area contributed by atoms with Crippen LogP contribution in [-0.2, 0) is 6.54 Å². The normalized spacial score (nSPS) is 11.4. The highest BCUT2D eigenvalue weighted by Crippen LogP contribution is 2.26. The summed E-state index contributed by atoms with van der Waals surface area (Å²) in [5, 5.41) is 13.0. The minimum Gasteiger partial charge on any atom is -0.406 e. The van der Waals surface area contributed by atoms with E-state index in [1.54, 1.807) is 13.1 Å². The van der Waals surface area contributed by atoms with E-state index in [-0.39, 0.29) is 11.8 Å². The van der Waals surface area contributed by atoms with Crippen LogP contribution in [0.5, 0.6) is 5.75 Å². The van der Waals surface area contributed by atoms with E-state index in [9.17, 15) is 13.2 Å². The van der Waals surface area contributed by atoms with E-state index in [1.807, 2.05) is 0 Å². The van der Waals surface area contributed by atoms with Gasteiger partial charge in [-0.3, -0.25) is 0 Å². The summed E-state index contributed by atoms with van der Waals surface area (Å²) in [6, 6.07) is 5.41. The molecule has 0 radical (unpaired) electrons. The van der Waals surface area contributed by atoms with E-state index in [4.69, 9.17) is 4.42 Å². The Labute approximate surface area is 111 Å². The standard InChI is InChI=1S/C11H11F3N4O2/c1-15-6-9-17-18-10(19-9)16-7-3-2-4-8(5-7)20-11(12,13)14/h2-5,15H,6H2,1H3,(H,16,18). The molecule has 0 unspecified atom stereocenters. The van der Waals surface area contributed by atoms with Gasteiger partial charge in [-0.25, -0.2) is 0 Å². The van der Waals surface area contributed by atoms with Crippen LogP contribution in [0.2, 0.25) is 0 Å². The molecule has 0 atom stereocenters. The lowest BCUT2D eigenvalue weighted by Gasteiger charge is -2.09. The zero-order chi connectivity index (χ0) is 14.6. The van der Waals surface area contributed by atoms with Gasteiger partial charge in [-0.2, -0.15) is 0 Å². The molecule has 1 aromatic carbocycles. The molecule has 0 spiro atoms. The van der Waals surface area contributed by atoms with Crippen LogP contribution in [0.15, 0.2) is 28.7 Å². The van der Waals surface area contributed by atoms with Crippen molar-refractivity contribution >= 4 is 11.7 Å². The highest BCUT2D eigenvalue weighted by molar-refractivity contribution is 5.54. The number of aromatic nitrogens is 2. The second-order valence-corrected chi connectivity index (χ2v) is 3.73. The number of benzene rings is 1. The molecule has 0 saturated carbocycles. The molecule has 0 amide bonds. The highest BCUT2D eigenvalue weighted by atomic mass is 19.4. The van der Waals surface area contributed by atoms with Crippen LogP contribution in [0.25, 0.3) is 0 Å². The quantitative estimate of drug-likeness (QED) is 0.880. The molecule has 0 aliphatic rings. The summed E-state index contributed by atoms with van der Waals surface area (Å²) in [4.78, 5) is 0. The zero-order valence-corrected chi connectivity index (χ0v) is 10.4. The minimum absolute atomic E-state index is 0.0828. The average Bonchev–Trinajstić information content (AvgIpc) is 2.75. The first-order chi connectivity index (χ1) is 9.46. The number of hydrogen-bond acceptors (Lipinski definition) is 6. The molecule has 20 heavy (non-hydrogen) atoms. The Kier molecular flexibility index (Phi) is 4.08. The number of rotatable bonds is 5. The maximum atomic E-state index is 12.1. The third-order valence-electron chi connectivity index (χ3n) is 2.11. The Morgan fingerprint density at radius 2 is 2.10 bits per heavy atom. The molecule has 9 heteroatoms. The summed E-state index contributed by atoms with van der Waals surface area (Å²) in [5.41, 5.74) is 0.339. The fourth-order valence-electron chi connectivity index (χ4n) is 1.42. The Hall–Kier alpha value is -2.29. The molecule has 2 rings (SSSR count). The van der Waals surface area contributed by atoms with Crippen LogP contribution in [0.4, 0.5) is 24.9 Å². The summed E-state index contributed by atoms with van der Waals surface area (Å²) in [6.45, 7) is 0.395. The van der Waals surface area contributed by atoms with Crippen LogP contribution >= 0.6 is 0 Å². The SMILES string of the molecule is CNCc1nnc(Nc2cccc(OC(F)(F)F)c2)o1. The lowest BCUT2D eigenvalue weighted by atomic mass is 10.3. The molecule has 6 nitrogen and oxygen atoms in total. The number of anilines is 2. The third-order valence-corrected chi connectivity index (χ3v) is 2.11. The number of nitrogens with one attached hydrogen (secondary N) is 2. The first kappa shape index (κ1) is 14.1. The number of ether oxygens (including phenoxy) is 1. The van der Waals surface area contributed by atoms with Gasteiger partial charge in [0.25, 0.3) is 0 Å². The molecule has 0 aliphatic heterocycles. The van der Waals surface area contributed by atoms with Gasteiger partial charge < -0.3 is 19.8 Å². The number of alkyl halides is 3. The lowest BCUT2D eigenvalue weighted by Crippen LogP contribution is -2.17. The van der Waals surface area contributed by atoms with E-state index < -0.39 is 6.36 Å². The fraction of sp³-hybridized carbons (Fsp3) is 0.273. The van der Waals surface area contributed by atoms with Crippen molar-refractivity contribution in [1.82, 2.24) is 15.5 Å². The fourth-order valence-corrected chi connectivity index (χ4v) is 1.42. The first-order valence-corrected chi connectivity index (χ1v) is 5.56. The van der Waals surface area contributed by atoms with Crippen molar-refractivity contribution < 1.29 is 22.3 Å². The van der Waals surface area contributed by atoms with E-state index in [0.29, 0.717) is 18.1 Å². The van der Waals surface area contributed by atoms with Crippen molar-refractivity contribution in [3.8, 4) is 5.75 Å². The smallest absolute Gasteiger partial charge is 0.406 e. The van der Waals surface area contributed by atoms with Crippen LogP contribution < -0.4 is 15.4 Å². The topological polar surface area (TPSA) is 72.2 Å². The van der Waals surface area contributed by atoms with Crippen molar-refractivity contribution in [2.24, 2.45) is 0 Å². The van der Waals surface area contributed by atoms with Crippen molar-refractivity contribution in [3.63, 3.8) is 0 Å². The predicted octanol–water partition coefficient (Wildman–Crippen LogP) is 2.43. The average molecular weight is 288 g/mol. The largest absolute Gasteiger partial charge is 0.573 e. The van der Waals surface area contributed by atoms with Gasteiger partial charge in [0.05, 0.1) is 6.54 Å². The Morgan fingerprint density at radius 3 is 2.80 bits per heavy atom. The molecule has 0 aliphatic carbocycles. The van der Waals surface area contributed by atoms with Crippen LogP contribution in [-0.4, -0.2) is 23.6 Å². The van der Waals surface area contributed by atoms with Gasteiger partial charge in [-0.15, -0.1) is 18.3 Å². The van der Waals surface area contributed by atoms with E-state index >= 15 is 0 Å². The number of hydrogen-bond donors (Lipinski definition) is 2.